The number of allylic oxidation sites excluding steroid dienone is 1. The number of carbonyl (C=O) groups is 1. The highest BCUT2D eigenvalue weighted by Crippen LogP contribution is 2.22. The fourth-order valence-electron chi connectivity index (χ4n) is 2.73. The minimum absolute atomic E-state index is 0.221. The van der Waals surface area contributed by atoms with Crippen LogP contribution in [0, 0.1) is 21.4 Å². The number of ether oxygens (including phenoxy) is 1. The molecule has 0 aliphatic heterocycles. The summed E-state index contributed by atoms with van der Waals surface area (Å²) >= 11 is 0. The number of benzene rings is 2. The van der Waals surface area contributed by atoms with Crippen molar-refractivity contribution in [2.45, 2.75) is 0 Å². The van der Waals surface area contributed by atoms with Gasteiger partial charge < -0.3 is 14.1 Å². The van der Waals surface area contributed by atoms with Crippen LogP contribution in [0.3, 0.4) is 0 Å². The molecule has 1 N–H and O–H groups in total. The molecular formula is C21H12N4O5. The maximum Gasteiger partial charge on any atom is 0.433 e. The number of para-hydroxylation sites is 2. The lowest BCUT2D eigenvalue weighted by Gasteiger charge is -2.02. The molecule has 0 radical (unpaired) electrons. The van der Waals surface area contributed by atoms with Crippen LogP contribution in [0.5, 0.6) is 5.75 Å². The van der Waals surface area contributed by atoms with Crippen LogP contribution in [0.1, 0.15) is 21.9 Å². The van der Waals surface area contributed by atoms with Gasteiger partial charge in [0.2, 0.25) is 5.76 Å². The van der Waals surface area contributed by atoms with E-state index in [4.69, 9.17) is 9.15 Å². The molecule has 2 aromatic heterocycles. The van der Waals surface area contributed by atoms with Crippen molar-refractivity contribution in [3.63, 3.8) is 0 Å². The van der Waals surface area contributed by atoms with Gasteiger partial charge in [-0.2, -0.15) is 5.26 Å². The largest absolute Gasteiger partial charge is 0.433 e. The molecule has 9 nitrogen and oxygen atoms in total. The predicted octanol–water partition coefficient (Wildman–Crippen LogP) is 4.35. The van der Waals surface area contributed by atoms with Gasteiger partial charge >= 0.3 is 11.9 Å². The van der Waals surface area contributed by atoms with Crippen LogP contribution >= 0.6 is 0 Å². The topological polar surface area (TPSA) is 135 Å². The number of rotatable bonds is 5. The number of imidazole rings is 1. The van der Waals surface area contributed by atoms with Crippen molar-refractivity contribution in [3.05, 3.63) is 87.9 Å². The Kier molecular flexibility index (Phi) is 4.80. The number of H-pyrrole nitrogens is 1. The third-order valence-electron chi connectivity index (χ3n) is 4.14. The van der Waals surface area contributed by atoms with Crippen LogP contribution in [-0.2, 0) is 0 Å². The summed E-state index contributed by atoms with van der Waals surface area (Å²) in [5.41, 5.74) is 2.63. The van der Waals surface area contributed by atoms with Crippen molar-refractivity contribution in [3.8, 4) is 11.8 Å². The molecule has 0 aliphatic carbocycles. The number of nitrogens with zero attached hydrogens (tertiary/aromatic N) is 3. The number of aromatic amines is 1. The van der Waals surface area contributed by atoms with Crippen LogP contribution in [0.2, 0.25) is 0 Å². The van der Waals surface area contributed by atoms with E-state index in [-0.39, 0.29) is 11.5 Å². The van der Waals surface area contributed by atoms with Gasteiger partial charge in [0.25, 0.3) is 0 Å². The fourth-order valence-corrected chi connectivity index (χ4v) is 2.73. The zero-order valence-electron chi connectivity index (χ0n) is 15.2. The third kappa shape index (κ3) is 3.79. The molecule has 0 aliphatic rings. The summed E-state index contributed by atoms with van der Waals surface area (Å²) in [6.45, 7) is 0. The van der Waals surface area contributed by atoms with E-state index in [0.717, 1.165) is 17.1 Å². The highest BCUT2D eigenvalue weighted by atomic mass is 16.7. The Morgan fingerprint density at radius 3 is 2.60 bits per heavy atom. The highest BCUT2D eigenvalue weighted by molar-refractivity contribution is 5.90. The van der Waals surface area contributed by atoms with Crippen molar-refractivity contribution in [1.29, 1.82) is 5.26 Å². The zero-order chi connectivity index (χ0) is 21.1. The number of hydrogen-bond acceptors (Lipinski definition) is 7. The van der Waals surface area contributed by atoms with Gasteiger partial charge in [0.1, 0.15) is 22.6 Å². The number of esters is 1. The lowest BCUT2D eigenvalue weighted by Crippen LogP contribution is -2.07. The van der Waals surface area contributed by atoms with Crippen LogP contribution in [0.25, 0.3) is 22.7 Å². The van der Waals surface area contributed by atoms with Crippen molar-refractivity contribution in [2.75, 3.05) is 0 Å². The highest BCUT2D eigenvalue weighted by Gasteiger charge is 2.19. The van der Waals surface area contributed by atoms with E-state index in [0.29, 0.717) is 17.0 Å². The molecule has 0 unspecified atom stereocenters. The Labute approximate surface area is 169 Å². The Morgan fingerprint density at radius 1 is 1.17 bits per heavy atom. The average Bonchev–Trinajstić information content (AvgIpc) is 3.40. The first kappa shape index (κ1) is 18.6. The van der Waals surface area contributed by atoms with Crippen LogP contribution in [0.15, 0.2) is 65.1 Å². The van der Waals surface area contributed by atoms with Gasteiger partial charge in [-0.05, 0) is 42.0 Å². The van der Waals surface area contributed by atoms with E-state index >= 15 is 0 Å². The number of nitrogens with one attached hydrogen (secondary N) is 1. The second-order valence-corrected chi connectivity index (χ2v) is 6.13. The first-order valence-electron chi connectivity index (χ1n) is 8.67. The van der Waals surface area contributed by atoms with Gasteiger partial charge in [0.05, 0.1) is 22.7 Å². The third-order valence-corrected chi connectivity index (χ3v) is 4.14. The Hall–Kier alpha value is -4.71. The van der Waals surface area contributed by atoms with Crippen molar-refractivity contribution < 1.29 is 18.9 Å². The SMILES string of the molecule is N#C/C(=C\c1ccc(OC(=O)c2ccc([N+](=O)[O-])o2)cc1)c1nc2ccccc2[nH]1. The molecular weight excluding hydrogens is 388 g/mol. The number of nitro groups is 1. The van der Waals surface area contributed by atoms with E-state index in [2.05, 4.69) is 16.0 Å². The molecule has 2 aromatic carbocycles. The van der Waals surface area contributed by atoms with E-state index in [9.17, 15) is 20.2 Å². The second-order valence-electron chi connectivity index (χ2n) is 6.13. The van der Waals surface area contributed by atoms with Gasteiger partial charge in [0.15, 0.2) is 0 Å². The fraction of sp³-hybridized carbons (Fsp3) is 0. The molecule has 2 heterocycles. The number of furan rings is 1. The average molecular weight is 400 g/mol. The van der Waals surface area contributed by atoms with Crippen molar-refractivity contribution >= 4 is 34.5 Å². The number of fused-ring (bicyclic) bond motifs is 1. The second kappa shape index (κ2) is 7.73. The Balaban J connectivity index is 1.51. The molecule has 0 bridgehead atoms. The van der Waals surface area contributed by atoms with E-state index < -0.39 is 16.8 Å². The molecule has 0 saturated carbocycles. The molecule has 30 heavy (non-hydrogen) atoms. The monoisotopic (exact) mass is 400 g/mol. The molecule has 0 amide bonds. The lowest BCUT2D eigenvalue weighted by atomic mass is 10.1. The minimum Gasteiger partial charge on any atom is -0.421 e. The van der Waals surface area contributed by atoms with E-state index in [1.807, 2.05) is 24.3 Å². The number of aromatic nitrogens is 2. The lowest BCUT2D eigenvalue weighted by molar-refractivity contribution is -0.402. The van der Waals surface area contributed by atoms with E-state index in [1.54, 1.807) is 18.2 Å². The molecule has 4 aromatic rings. The summed E-state index contributed by atoms with van der Waals surface area (Å²) in [6, 6.07) is 18.2. The van der Waals surface area contributed by atoms with Gasteiger partial charge in [-0.15, -0.1) is 0 Å². The molecule has 0 spiro atoms. The molecule has 0 fully saturated rings. The smallest absolute Gasteiger partial charge is 0.421 e. The normalized spacial score (nSPS) is 11.2. The Morgan fingerprint density at radius 2 is 1.93 bits per heavy atom. The summed E-state index contributed by atoms with van der Waals surface area (Å²) in [5, 5.41) is 20.1. The van der Waals surface area contributed by atoms with Crippen molar-refractivity contribution in [1.82, 2.24) is 9.97 Å². The number of carbonyl (C=O) groups excluding carboxylic acids is 1. The summed E-state index contributed by atoms with van der Waals surface area (Å²) in [7, 11) is 0. The molecule has 146 valence electrons. The first-order valence-corrected chi connectivity index (χ1v) is 8.67. The predicted molar refractivity (Wildman–Crippen MR) is 106 cm³/mol. The maximum atomic E-state index is 12.0. The standard InChI is InChI=1S/C21H12N4O5/c22-12-14(20-23-16-3-1-2-4-17(16)24-20)11-13-5-7-15(8-6-13)29-21(26)18-9-10-19(30-18)25(27)28/h1-11H,(H,23,24)/b14-11+. The number of nitriles is 1. The zero-order valence-corrected chi connectivity index (χ0v) is 15.2. The maximum absolute atomic E-state index is 12.0. The van der Waals surface area contributed by atoms with Gasteiger partial charge in [-0.3, -0.25) is 10.1 Å². The molecule has 0 atom stereocenters. The molecule has 0 saturated heterocycles. The quantitative estimate of drug-likeness (QED) is 0.173. The molecule has 9 heteroatoms. The minimum atomic E-state index is -0.855. The summed E-state index contributed by atoms with van der Waals surface area (Å²) in [5.74, 6) is -1.00. The first-order chi connectivity index (χ1) is 14.5. The summed E-state index contributed by atoms with van der Waals surface area (Å²) in [6.07, 6.45) is 1.65. The van der Waals surface area contributed by atoms with Gasteiger partial charge in [-0.25, -0.2) is 9.78 Å². The van der Waals surface area contributed by atoms with Gasteiger partial charge in [0, 0.05) is 0 Å². The van der Waals surface area contributed by atoms with E-state index in [1.165, 1.54) is 18.2 Å². The summed E-state index contributed by atoms with van der Waals surface area (Å²) < 4.78 is 9.96. The van der Waals surface area contributed by atoms with Crippen LogP contribution in [-0.4, -0.2) is 20.9 Å². The van der Waals surface area contributed by atoms with Crippen molar-refractivity contribution in [2.24, 2.45) is 0 Å². The number of hydrogen-bond donors (Lipinski definition) is 1. The Bertz CT molecular complexity index is 1290. The van der Waals surface area contributed by atoms with Gasteiger partial charge in [-0.1, -0.05) is 24.3 Å². The van der Waals surface area contributed by atoms with Crippen LogP contribution < -0.4 is 4.74 Å². The van der Waals surface area contributed by atoms with Crippen LogP contribution in [0.4, 0.5) is 5.88 Å². The molecule has 4 rings (SSSR count). The summed E-state index contributed by atoms with van der Waals surface area (Å²) in [4.78, 5) is 29.4.